The van der Waals surface area contributed by atoms with Gasteiger partial charge in [-0.05, 0) is 62.9 Å². The molecule has 1 aliphatic rings. The number of nitro groups is 1. The first-order valence-corrected chi connectivity index (χ1v) is 14.8. The summed E-state index contributed by atoms with van der Waals surface area (Å²) in [4.78, 5) is 37.5. The monoisotopic (exact) mass is 607 g/mol. The average molecular weight is 608 g/mol. The number of benzene rings is 2. The van der Waals surface area contributed by atoms with Gasteiger partial charge in [0, 0.05) is 21.5 Å². The van der Waals surface area contributed by atoms with Gasteiger partial charge in [-0.1, -0.05) is 17.7 Å². The number of rotatable bonds is 10. The standard InChI is InChI=1S/C26H26ClN3O8S2/c1-4-38-26(32)24-18-6-5-7-22(18)39-25(24)28-23(31)14-29(20-12-16(27)9-11-21(20)37-3)40(35,36)17-10-8-15(2)19(13-17)30(33)34/h8-13H,4-7,14H2,1-3H3,(H,28,31). The van der Waals surface area contributed by atoms with Crippen LogP contribution in [0.15, 0.2) is 41.3 Å². The number of hydrogen-bond acceptors (Lipinski definition) is 9. The van der Waals surface area contributed by atoms with Crippen LogP contribution in [0.4, 0.5) is 16.4 Å². The van der Waals surface area contributed by atoms with Gasteiger partial charge in [-0.3, -0.25) is 19.2 Å². The summed E-state index contributed by atoms with van der Waals surface area (Å²) in [6, 6.07) is 7.73. The van der Waals surface area contributed by atoms with E-state index in [1.165, 1.54) is 55.7 Å². The molecule has 2 aromatic carbocycles. The van der Waals surface area contributed by atoms with Gasteiger partial charge < -0.3 is 14.8 Å². The Morgan fingerprint density at radius 1 is 1.20 bits per heavy atom. The normalized spacial score (nSPS) is 12.5. The summed E-state index contributed by atoms with van der Waals surface area (Å²) < 4.78 is 39.1. The number of sulfonamides is 1. The second kappa shape index (κ2) is 11.8. The van der Waals surface area contributed by atoms with Crippen LogP contribution < -0.4 is 14.4 Å². The lowest BCUT2D eigenvalue weighted by atomic mass is 10.1. The predicted octanol–water partition coefficient (Wildman–Crippen LogP) is 5.13. The van der Waals surface area contributed by atoms with Gasteiger partial charge in [0.2, 0.25) is 5.91 Å². The van der Waals surface area contributed by atoms with Crippen LogP contribution in [0.2, 0.25) is 5.02 Å². The molecule has 14 heteroatoms. The molecule has 0 unspecified atom stereocenters. The number of anilines is 2. The van der Waals surface area contributed by atoms with Crippen molar-refractivity contribution in [3.8, 4) is 5.75 Å². The van der Waals surface area contributed by atoms with Gasteiger partial charge in [-0.2, -0.15) is 0 Å². The highest BCUT2D eigenvalue weighted by atomic mass is 35.5. The van der Waals surface area contributed by atoms with Gasteiger partial charge in [-0.15, -0.1) is 11.3 Å². The van der Waals surface area contributed by atoms with E-state index in [0.29, 0.717) is 6.42 Å². The summed E-state index contributed by atoms with van der Waals surface area (Å²) in [5.74, 6) is -1.22. The first-order valence-electron chi connectivity index (χ1n) is 12.2. The number of amides is 1. The molecule has 0 spiro atoms. The largest absolute Gasteiger partial charge is 0.495 e. The lowest BCUT2D eigenvalue weighted by Crippen LogP contribution is -2.38. The van der Waals surface area contributed by atoms with Crippen molar-refractivity contribution in [2.75, 3.05) is 29.9 Å². The van der Waals surface area contributed by atoms with E-state index in [-0.39, 0.29) is 39.2 Å². The Kier molecular flexibility index (Phi) is 8.66. The number of hydrogen-bond donors (Lipinski definition) is 1. The first kappa shape index (κ1) is 29.3. The molecular formula is C26H26ClN3O8S2. The Balaban J connectivity index is 1.76. The molecule has 1 aliphatic carbocycles. The molecule has 1 amide bonds. The highest BCUT2D eigenvalue weighted by Gasteiger charge is 2.33. The Labute approximate surface area is 239 Å². The molecule has 3 aromatic rings. The third-order valence-electron chi connectivity index (χ3n) is 6.32. The topological polar surface area (TPSA) is 145 Å². The second-order valence-corrected chi connectivity index (χ2v) is 12.3. The molecule has 0 aliphatic heterocycles. The summed E-state index contributed by atoms with van der Waals surface area (Å²) in [5.41, 5.74) is 0.928. The molecule has 11 nitrogen and oxygen atoms in total. The van der Waals surface area contributed by atoms with Crippen LogP contribution in [-0.4, -0.2) is 45.5 Å². The molecule has 1 heterocycles. The van der Waals surface area contributed by atoms with E-state index in [4.69, 9.17) is 21.1 Å². The molecular weight excluding hydrogens is 582 g/mol. The zero-order valence-electron chi connectivity index (χ0n) is 21.9. The van der Waals surface area contributed by atoms with E-state index in [1.54, 1.807) is 6.92 Å². The second-order valence-electron chi connectivity index (χ2n) is 8.86. The van der Waals surface area contributed by atoms with Crippen LogP contribution in [0.1, 0.15) is 39.7 Å². The van der Waals surface area contributed by atoms with E-state index in [9.17, 15) is 28.1 Å². The summed E-state index contributed by atoms with van der Waals surface area (Å²) in [7, 11) is -3.23. The van der Waals surface area contributed by atoms with Crippen molar-refractivity contribution < 1.29 is 32.4 Å². The van der Waals surface area contributed by atoms with Crippen molar-refractivity contribution in [2.24, 2.45) is 0 Å². The maximum absolute atomic E-state index is 13.9. The fraction of sp³-hybridized carbons (Fsp3) is 0.308. The van der Waals surface area contributed by atoms with E-state index in [1.807, 2.05) is 0 Å². The summed E-state index contributed by atoms with van der Waals surface area (Å²) in [6.45, 7) is 2.57. The molecule has 0 radical (unpaired) electrons. The molecule has 0 atom stereocenters. The molecule has 0 fully saturated rings. The predicted molar refractivity (Wildman–Crippen MR) is 151 cm³/mol. The van der Waals surface area contributed by atoms with Gasteiger partial charge >= 0.3 is 5.97 Å². The van der Waals surface area contributed by atoms with E-state index >= 15 is 0 Å². The maximum atomic E-state index is 13.9. The van der Waals surface area contributed by atoms with Gasteiger partial charge in [0.05, 0.1) is 34.8 Å². The van der Waals surface area contributed by atoms with Crippen molar-refractivity contribution >= 4 is 61.2 Å². The Bertz CT molecular complexity index is 1600. The molecule has 40 heavy (non-hydrogen) atoms. The quantitative estimate of drug-likeness (QED) is 0.190. The lowest BCUT2D eigenvalue weighted by Gasteiger charge is -2.26. The number of esters is 1. The number of aryl methyl sites for hydroxylation is 2. The molecule has 4 rings (SSSR count). The minimum absolute atomic E-state index is 0.0485. The lowest BCUT2D eigenvalue weighted by molar-refractivity contribution is -0.385. The SMILES string of the molecule is CCOC(=O)c1c(NC(=O)CN(c2cc(Cl)ccc2OC)S(=O)(=O)c2ccc(C)c([N+](=O)[O-])c2)sc2c1CCC2. The highest BCUT2D eigenvalue weighted by Crippen LogP contribution is 2.40. The molecule has 0 saturated heterocycles. The third kappa shape index (κ3) is 5.76. The van der Waals surface area contributed by atoms with Crippen LogP contribution in [0.3, 0.4) is 0 Å². The van der Waals surface area contributed by atoms with Crippen molar-refractivity contribution in [2.45, 2.75) is 38.0 Å². The highest BCUT2D eigenvalue weighted by molar-refractivity contribution is 7.92. The zero-order chi connectivity index (χ0) is 29.2. The van der Waals surface area contributed by atoms with Crippen molar-refractivity contribution in [3.05, 3.63) is 73.1 Å². The molecule has 0 bridgehead atoms. The number of nitro benzene ring substituents is 1. The van der Waals surface area contributed by atoms with Crippen LogP contribution in [-0.2, 0) is 32.4 Å². The Morgan fingerprint density at radius 3 is 2.62 bits per heavy atom. The number of methoxy groups -OCH3 is 1. The fourth-order valence-electron chi connectivity index (χ4n) is 4.44. The third-order valence-corrected chi connectivity index (χ3v) is 9.51. The Morgan fingerprint density at radius 2 is 1.95 bits per heavy atom. The average Bonchev–Trinajstić information content (AvgIpc) is 3.48. The van der Waals surface area contributed by atoms with Crippen molar-refractivity contribution in [1.82, 2.24) is 0 Å². The fourth-order valence-corrected chi connectivity index (χ4v) is 7.34. The number of ether oxygens (including phenoxy) is 2. The van der Waals surface area contributed by atoms with E-state index in [2.05, 4.69) is 5.32 Å². The number of nitrogens with zero attached hydrogens (tertiary/aromatic N) is 2. The van der Waals surface area contributed by atoms with Gasteiger partial charge in [-0.25, -0.2) is 13.2 Å². The summed E-state index contributed by atoms with van der Waals surface area (Å²) in [5, 5.41) is 14.6. The summed E-state index contributed by atoms with van der Waals surface area (Å²) in [6.07, 6.45) is 2.31. The molecule has 1 aromatic heterocycles. The smallest absolute Gasteiger partial charge is 0.341 e. The number of thiophene rings is 1. The number of nitrogens with one attached hydrogen (secondary N) is 1. The number of carbonyl (C=O) groups excluding carboxylic acids is 2. The van der Waals surface area contributed by atoms with Gasteiger partial charge in [0.25, 0.3) is 15.7 Å². The molecule has 1 N–H and O–H groups in total. The van der Waals surface area contributed by atoms with Crippen LogP contribution in [0.25, 0.3) is 0 Å². The van der Waals surface area contributed by atoms with Crippen molar-refractivity contribution in [1.29, 1.82) is 0 Å². The van der Waals surface area contributed by atoms with Crippen LogP contribution in [0, 0.1) is 17.0 Å². The first-order chi connectivity index (χ1) is 19.0. The number of halogens is 1. The maximum Gasteiger partial charge on any atom is 0.341 e. The minimum Gasteiger partial charge on any atom is -0.495 e. The minimum atomic E-state index is -4.55. The van der Waals surface area contributed by atoms with Gasteiger partial charge in [0.15, 0.2) is 0 Å². The molecule has 212 valence electrons. The van der Waals surface area contributed by atoms with Crippen LogP contribution >= 0.6 is 22.9 Å². The number of carbonyl (C=O) groups is 2. The van der Waals surface area contributed by atoms with Crippen LogP contribution in [0.5, 0.6) is 5.75 Å². The van der Waals surface area contributed by atoms with Crippen molar-refractivity contribution in [3.63, 3.8) is 0 Å². The van der Waals surface area contributed by atoms with E-state index < -0.39 is 44.0 Å². The van der Waals surface area contributed by atoms with Gasteiger partial charge in [0.1, 0.15) is 17.3 Å². The summed E-state index contributed by atoms with van der Waals surface area (Å²) >= 11 is 7.43. The number of fused-ring (bicyclic) bond motifs is 1. The Hall–Kier alpha value is -3.68. The zero-order valence-corrected chi connectivity index (χ0v) is 24.2. The van der Waals surface area contributed by atoms with E-state index in [0.717, 1.165) is 33.7 Å². The molecule has 0 saturated carbocycles.